The van der Waals surface area contributed by atoms with Crippen molar-refractivity contribution in [3.05, 3.63) is 51.8 Å². The molecule has 142 valence electrons. The number of fused-ring (bicyclic) bond motifs is 1. The Kier molecular flexibility index (Phi) is 4.55. The van der Waals surface area contributed by atoms with Crippen LogP contribution >= 0.6 is 0 Å². The second-order valence-electron chi connectivity index (χ2n) is 6.70. The number of carbonyl (C=O) groups excluding carboxylic acids is 1. The topological polar surface area (TPSA) is 91.2 Å². The van der Waals surface area contributed by atoms with Gasteiger partial charge in [0.15, 0.2) is 0 Å². The van der Waals surface area contributed by atoms with Crippen molar-refractivity contribution in [2.75, 3.05) is 6.26 Å². The minimum atomic E-state index is -3.80. The van der Waals surface area contributed by atoms with Gasteiger partial charge in [-0.1, -0.05) is 6.07 Å². The largest absolute Gasteiger partial charge is 0.361 e. The van der Waals surface area contributed by atoms with Crippen molar-refractivity contribution in [2.24, 2.45) is 7.05 Å². The number of hydrogen-bond acceptors (Lipinski definition) is 6. The van der Waals surface area contributed by atoms with Crippen molar-refractivity contribution in [1.82, 2.24) is 14.8 Å². The molecule has 2 aromatic heterocycles. The van der Waals surface area contributed by atoms with Gasteiger partial charge in [-0.25, -0.2) is 4.68 Å². The van der Waals surface area contributed by atoms with Crippen molar-refractivity contribution >= 4 is 26.8 Å². The lowest BCUT2D eigenvalue weighted by atomic mass is 9.94. The summed E-state index contributed by atoms with van der Waals surface area (Å²) in [6, 6.07) is 3.57. The third-order valence-corrected chi connectivity index (χ3v) is 5.21. The van der Waals surface area contributed by atoms with Crippen LogP contribution in [0.3, 0.4) is 0 Å². The minimum Gasteiger partial charge on any atom is -0.361 e. The molecule has 0 fully saturated rings. The molecule has 2 heterocycles. The van der Waals surface area contributed by atoms with Crippen molar-refractivity contribution in [1.29, 1.82) is 0 Å². The summed E-state index contributed by atoms with van der Waals surface area (Å²) < 4.78 is 29.3. The van der Waals surface area contributed by atoms with Crippen LogP contribution in [-0.2, 0) is 17.2 Å². The van der Waals surface area contributed by atoms with E-state index in [4.69, 9.17) is 4.18 Å². The van der Waals surface area contributed by atoms with Gasteiger partial charge in [0.05, 0.1) is 18.0 Å². The fraction of sp³-hybridized carbons (Fsp3) is 0.316. The number of rotatable bonds is 4. The molecular weight excluding hydrogens is 366 g/mol. The summed E-state index contributed by atoms with van der Waals surface area (Å²) in [5.41, 5.74) is 5.07. The molecule has 0 amide bonds. The summed E-state index contributed by atoms with van der Waals surface area (Å²) >= 11 is 0. The highest BCUT2D eigenvalue weighted by Gasteiger charge is 2.25. The SMILES string of the molecule is Cc1nc2c(C(=O)c3cnn(C)c3OS(C)(=O)=O)ccc(C)c2c(C)c1C. The molecule has 0 aliphatic carbocycles. The van der Waals surface area contributed by atoms with E-state index in [0.717, 1.165) is 34.0 Å². The number of hydrogen-bond donors (Lipinski definition) is 0. The monoisotopic (exact) mass is 387 g/mol. The summed E-state index contributed by atoms with van der Waals surface area (Å²) in [5, 5.41) is 4.91. The molecule has 3 aromatic rings. The summed E-state index contributed by atoms with van der Waals surface area (Å²) in [6.07, 6.45) is 2.23. The number of aromatic nitrogens is 3. The highest BCUT2D eigenvalue weighted by atomic mass is 32.2. The summed E-state index contributed by atoms with van der Waals surface area (Å²) in [7, 11) is -2.29. The molecule has 0 N–H and O–H groups in total. The van der Waals surface area contributed by atoms with Crippen LogP contribution in [0.2, 0.25) is 0 Å². The average Bonchev–Trinajstić information content (AvgIpc) is 2.91. The molecule has 3 rings (SSSR count). The predicted octanol–water partition coefficient (Wildman–Crippen LogP) is 2.77. The van der Waals surface area contributed by atoms with E-state index >= 15 is 0 Å². The van der Waals surface area contributed by atoms with E-state index in [-0.39, 0.29) is 17.2 Å². The lowest BCUT2D eigenvalue weighted by molar-refractivity contribution is 0.103. The first-order valence-electron chi connectivity index (χ1n) is 8.34. The van der Waals surface area contributed by atoms with Crippen LogP contribution in [0.25, 0.3) is 10.9 Å². The molecule has 8 heteroatoms. The molecule has 0 saturated carbocycles. The lowest BCUT2D eigenvalue weighted by Gasteiger charge is -2.14. The summed E-state index contributed by atoms with van der Waals surface area (Å²) in [4.78, 5) is 17.9. The Labute approximate surface area is 158 Å². The van der Waals surface area contributed by atoms with Gasteiger partial charge in [0, 0.05) is 23.7 Å². The molecule has 0 unspecified atom stereocenters. The molecular formula is C19H21N3O4S. The smallest absolute Gasteiger partial charge is 0.307 e. The van der Waals surface area contributed by atoms with Gasteiger partial charge in [-0.15, -0.1) is 0 Å². The Bertz CT molecular complexity index is 1190. The van der Waals surface area contributed by atoms with Crippen LogP contribution in [-0.4, -0.2) is 35.2 Å². The van der Waals surface area contributed by atoms with E-state index in [9.17, 15) is 13.2 Å². The molecule has 0 aliphatic rings. The van der Waals surface area contributed by atoms with Gasteiger partial charge in [-0.2, -0.15) is 13.5 Å². The first-order valence-corrected chi connectivity index (χ1v) is 10.2. The standard InChI is InChI=1S/C19H21N3O4S/c1-10-7-8-14(17-16(10)12(3)11(2)13(4)21-17)18(23)15-9-20-22(5)19(15)26-27(6,24)25/h7-9H,1-6H3. The van der Waals surface area contributed by atoms with E-state index in [1.54, 1.807) is 6.07 Å². The second kappa shape index (κ2) is 6.45. The zero-order chi connectivity index (χ0) is 20.1. The zero-order valence-corrected chi connectivity index (χ0v) is 16.9. The van der Waals surface area contributed by atoms with Crippen molar-refractivity contribution in [3.8, 4) is 5.88 Å². The number of pyridine rings is 1. The van der Waals surface area contributed by atoms with Crippen LogP contribution in [0.5, 0.6) is 5.88 Å². The fourth-order valence-corrected chi connectivity index (χ4v) is 3.63. The summed E-state index contributed by atoms with van der Waals surface area (Å²) in [6.45, 7) is 7.89. The number of ketones is 1. The zero-order valence-electron chi connectivity index (χ0n) is 16.1. The second-order valence-corrected chi connectivity index (χ2v) is 8.28. The van der Waals surface area contributed by atoms with Crippen LogP contribution in [0.15, 0.2) is 18.3 Å². The number of benzene rings is 1. The number of carbonyl (C=O) groups is 1. The van der Waals surface area contributed by atoms with E-state index in [1.165, 1.54) is 17.9 Å². The van der Waals surface area contributed by atoms with Gasteiger partial charge in [0.25, 0.3) is 0 Å². The molecule has 1 aromatic carbocycles. The fourth-order valence-electron chi connectivity index (χ4n) is 3.14. The van der Waals surface area contributed by atoms with Gasteiger partial charge < -0.3 is 4.18 Å². The van der Waals surface area contributed by atoms with Crippen molar-refractivity contribution in [3.63, 3.8) is 0 Å². The maximum atomic E-state index is 13.2. The maximum Gasteiger partial charge on any atom is 0.307 e. The van der Waals surface area contributed by atoms with Gasteiger partial charge in [-0.05, 0) is 50.5 Å². The number of nitrogens with zero attached hydrogens (tertiary/aromatic N) is 3. The molecule has 0 radical (unpaired) electrons. The molecule has 0 saturated heterocycles. The van der Waals surface area contributed by atoms with Crippen LogP contribution < -0.4 is 4.18 Å². The van der Waals surface area contributed by atoms with Gasteiger partial charge in [0.1, 0.15) is 5.56 Å². The Morgan fingerprint density at radius 2 is 1.74 bits per heavy atom. The van der Waals surface area contributed by atoms with E-state index in [0.29, 0.717) is 11.1 Å². The Morgan fingerprint density at radius 3 is 2.37 bits per heavy atom. The molecule has 0 atom stereocenters. The molecule has 7 nitrogen and oxygen atoms in total. The third kappa shape index (κ3) is 3.32. The van der Waals surface area contributed by atoms with Crippen LogP contribution in [0, 0.1) is 27.7 Å². The van der Waals surface area contributed by atoms with E-state index < -0.39 is 10.1 Å². The first-order chi connectivity index (χ1) is 12.5. The average molecular weight is 387 g/mol. The van der Waals surface area contributed by atoms with Crippen molar-refractivity contribution < 1.29 is 17.4 Å². The third-order valence-electron chi connectivity index (χ3n) is 4.75. The van der Waals surface area contributed by atoms with Gasteiger partial charge in [-0.3, -0.25) is 9.78 Å². The highest BCUT2D eigenvalue weighted by molar-refractivity contribution is 7.86. The first kappa shape index (κ1) is 19.0. The summed E-state index contributed by atoms with van der Waals surface area (Å²) in [5.74, 6) is -0.501. The lowest BCUT2D eigenvalue weighted by Crippen LogP contribution is -2.13. The molecule has 0 bridgehead atoms. The highest BCUT2D eigenvalue weighted by Crippen LogP contribution is 2.30. The number of aryl methyl sites for hydroxylation is 4. The maximum absolute atomic E-state index is 13.2. The quantitative estimate of drug-likeness (QED) is 0.505. The van der Waals surface area contributed by atoms with E-state index in [1.807, 2.05) is 33.8 Å². The van der Waals surface area contributed by atoms with Crippen molar-refractivity contribution in [2.45, 2.75) is 27.7 Å². The molecule has 27 heavy (non-hydrogen) atoms. The Hall–Kier alpha value is -2.74. The van der Waals surface area contributed by atoms with Crippen LogP contribution in [0.1, 0.15) is 38.3 Å². The Morgan fingerprint density at radius 1 is 1.07 bits per heavy atom. The van der Waals surface area contributed by atoms with Gasteiger partial charge in [0.2, 0.25) is 11.7 Å². The molecule has 0 aliphatic heterocycles. The normalized spacial score (nSPS) is 11.8. The Balaban J connectivity index is 2.26. The van der Waals surface area contributed by atoms with Crippen LogP contribution in [0.4, 0.5) is 0 Å². The van der Waals surface area contributed by atoms with Gasteiger partial charge >= 0.3 is 10.1 Å². The van der Waals surface area contributed by atoms with E-state index in [2.05, 4.69) is 10.1 Å². The molecule has 0 spiro atoms. The minimum absolute atomic E-state index is 0.0748. The predicted molar refractivity (Wildman–Crippen MR) is 103 cm³/mol.